The molecular weight excluding hydrogens is 561 g/mol. The minimum absolute atomic E-state index is 0.749. The van der Waals surface area contributed by atoms with Crippen LogP contribution in [-0.4, -0.2) is 4.98 Å². The number of benzene rings is 6. The summed E-state index contributed by atoms with van der Waals surface area (Å²) in [5.74, 6) is 0. The van der Waals surface area contributed by atoms with Gasteiger partial charge in [-0.3, -0.25) is 4.98 Å². The molecule has 10 aromatic rings. The van der Waals surface area contributed by atoms with Gasteiger partial charge in [0.2, 0.25) is 0 Å². The number of para-hydroxylation sites is 1. The van der Waals surface area contributed by atoms with Gasteiger partial charge in [-0.25, -0.2) is 0 Å². The third-order valence-electron chi connectivity index (χ3n) is 8.68. The lowest BCUT2D eigenvalue weighted by atomic mass is 10.1. The standard InChI is InChI=1S/C39H22N2O2S/c1-2-8-24-20-34-31(19-23(24)7-1)38-39(43-34)32(17-18-40-38)41(25-13-15-28-27-9-3-5-11-33(27)42-35(28)21-25)26-14-16-30-29-10-4-6-12-36(29)44-37(30)22-26/h1-22H. The van der Waals surface area contributed by atoms with E-state index in [0.29, 0.717) is 0 Å². The molecule has 10 rings (SSSR count). The molecular formula is C39H22N2O2S. The minimum Gasteiger partial charge on any atom is -0.456 e. The Morgan fingerprint density at radius 2 is 1.18 bits per heavy atom. The molecule has 0 N–H and O–H groups in total. The maximum absolute atomic E-state index is 6.66. The van der Waals surface area contributed by atoms with Crippen LogP contribution in [0.2, 0.25) is 0 Å². The molecule has 0 fully saturated rings. The Hall–Kier alpha value is -5.65. The molecule has 4 heterocycles. The molecule has 0 spiro atoms. The van der Waals surface area contributed by atoms with E-state index in [1.807, 2.05) is 35.7 Å². The summed E-state index contributed by atoms with van der Waals surface area (Å²) in [4.78, 5) is 7.09. The number of hydrogen-bond donors (Lipinski definition) is 0. The van der Waals surface area contributed by atoms with E-state index in [1.165, 1.54) is 20.2 Å². The number of nitrogens with zero attached hydrogens (tertiary/aromatic N) is 2. The Morgan fingerprint density at radius 3 is 2.09 bits per heavy atom. The van der Waals surface area contributed by atoms with Crippen LogP contribution in [0.25, 0.3) is 75.0 Å². The summed E-state index contributed by atoms with van der Waals surface area (Å²) in [5.41, 5.74) is 7.09. The van der Waals surface area contributed by atoms with Crippen LogP contribution in [0, 0.1) is 0 Å². The highest BCUT2D eigenvalue weighted by Crippen LogP contribution is 2.45. The predicted octanol–water partition coefficient (Wildman–Crippen LogP) is 11.9. The molecule has 0 aliphatic rings. The van der Waals surface area contributed by atoms with Gasteiger partial charge in [-0.1, -0.05) is 66.7 Å². The quantitative estimate of drug-likeness (QED) is 0.208. The maximum atomic E-state index is 6.66. The molecule has 44 heavy (non-hydrogen) atoms. The minimum atomic E-state index is 0.749. The molecule has 0 saturated heterocycles. The van der Waals surface area contributed by atoms with Gasteiger partial charge < -0.3 is 13.7 Å². The normalized spacial score (nSPS) is 12.1. The smallest absolute Gasteiger partial charge is 0.177 e. The molecule has 0 aliphatic heterocycles. The second-order valence-electron chi connectivity index (χ2n) is 11.2. The van der Waals surface area contributed by atoms with Crippen LogP contribution in [0.15, 0.2) is 142 Å². The molecule has 206 valence electrons. The Balaban J connectivity index is 1.26. The Morgan fingerprint density at radius 1 is 0.500 bits per heavy atom. The van der Waals surface area contributed by atoms with Crippen molar-refractivity contribution in [2.75, 3.05) is 4.90 Å². The van der Waals surface area contributed by atoms with Gasteiger partial charge in [-0.05, 0) is 65.4 Å². The molecule has 6 aromatic carbocycles. The summed E-state index contributed by atoms with van der Waals surface area (Å²) in [6, 6.07) is 44.7. The summed E-state index contributed by atoms with van der Waals surface area (Å²) in [7, 11) is 0. The lowest BCUT2D eigenvalue weighted by molar-refractivity contribution is 0.667. The highest BCUT2D eigenvalue weighted by atomic mass is 32.1. The lowest BCUT2D eigenvalue weighted by Crippen LogP contribution is -2.10. The molecule has 5 heteroatoms. The van der Waals surface area contributed by atoms with Gasteiger partial charge >= 0.3 is 0 Å². The highest BCUT2D eigenvalue weighted by Gasteiger charge is 2.22. The van der Waals surface area contributed by atoms with Gasteiger partial charge in [0.05, 0.1) is 11.4 Å². The van der Waals surface area contributed by atoms with Crippen LogP contribution in [0.4, 0.5) is 17.1 Å². The van der Waals surface area contributed by atoms with E-state index in [-0.39, 0.29) is 0 Å². The van der Waals surface area contributed by atoms with Gasteiger partial charge in [-0.2, -0.15) is 0 Å². The fraction of sp³-hybridized carbons (Fsp3) is 0. The second-order valence-corrected chi connectivity index (χ2v) is 12.3. The number of hydrogen-bond acceptors (Lipinski definition) is 5. The van der Waals surface area contributed by atoms with Gasteiger partial charge in [-0.15, -0.1) is 11.3 Å². The van der Waals surface area contributed by atoms with Gasteiger partial charge in [0.15, 0.2) is 5.58 Å². The Bertz CT molecular complexity index is 2640. The zero-order valence-corrected chi connectivity index (χ0v) is 24.1. The van der Waals surface area contributed by atoms with E-state index in [4.69, 9.17) is 13.8 Å². The average Bonchev–Trinajstić information content (AvgIpc) is 3.74. The van der Waals surface area contributed by atoms with E-state index in [2.05, 4.69) is 114 Å². The summed E-state index contributed by atoms with van der Waals surface area (Å²) in [6.07, 6.45) is 1.88. The average molecular weight is 583 g/mol. The van der Waals surface area contributed by atoms with Crippen LogP contribution in [0.3, 0.4) is 0 Å². The van der Waals surface area contributed by atoms with Crippen molar-refractivity contribution in [3.8, 4) is 0 Å². The monoisotopic (exact) mass is 582 g/mol. The second kappa shape index (κ2) is 8.93. The van der Waals surface area contributed by atoms with Crippen molar-refractivity contribution >= 4 is 103 Å². The number of fused-ring (bicyclic) bond motifs is 10. The molecule has 4 nitrogen and oxygen atoms in total. The van der Waals surface area contributed by atoms with Gasteiger partial charge in [0, 0.05) is 54.3 Å². The van der Waals surface area contributed by atoms with E-state index in [1.54, 1.807) is 0 Å². The first-order valence-electron chi connectivity index (χ1n) is 14.6. The van der Waals surface area contributed by atoms with Crippen molar-refractivity contribution in [1.29, 1.82) is 0 Å². The number of furan rings is 2. The summed E-state index contributed by atoms with van der Waals surface area (Å²) >= 11 is 1.82. The molecule has 0 saturated carbocycles. The zero-order chi connectivity index (χ0) is 28.8. The first-order chi connectivity index (χ1) is 21.8. The molecule has 0 atom stereocenters. The number of aromatic nitrogens is 1. The SMILES string of the molecule is c1ccc2cc3c(cc2c1)oc1c(N(c2ccc4c(c2)oc2ccccc24)c2ccc4c(c2)sc2ccccc24)ccnc13. The molecule has 4 aromatic heterocycles. The molecule has 0 aliphatic carbocycles. The fourth-order valence-corrected chi connectivity index (χ4v) is 7.78. The van der Waals surface area contributed by atoms with Crippen molar-refractivity contribution < 1.29 is 8.83 Å². The van der Waals surface area contributed by atoms with Crippen LogP contribution in [0.5, 0.6) is 0 Å². The summed E-state index contributed by atoms with van der Waals surface area (Å²) < 4.78 is 15.5. The highest BCUT2D eigenvalue weighted by molar-refractivity contribution is 7.25. The number of rotatable bonds is 3. The maximum Gasteiger partial charge on any atom is 0.177 e. The number of pyridine rings is 1. The topological polar surface area (TPSA) is 42.4 Å². The first kappa shape index (κ1) is 23.9. The van der Waals surface area contributed by atoms with Crippen LogP contribution < -0.4 is 4.90 Å². The van der Waals surface area contributed by atoms with Crippen molar-refractivity contribution in [3.05, 3.63) is 134 Å². The fourth-order valence-electron chi connectivity index (χ4n) is 6.64. The van der Waals surface area contributed by atoms with Crippen molar-refractivity contribution in [2.45, 2.75) is 0 Å². The largest absolute Gasteiger partial charge is 0.456 e. The summed E-state index contributed by atoms with van der Waals surface area (Å²) in [6.45, 7) is 0. The zero-order valence-electron chi connectivity index (χ0n) is 23.3. The third kappa shape index (κ3) is 3.41. The number of thiophene rings is 1. The van der Waals surface area contributed by atoms with Gasteiger partial charge in [0.25, 0.3) is 0 Å². The Kier molecular flexibility index (Phi) is 4.84. The number of anilines is 3. The van der Waals surface area contributed by atoms with Crippen LogP contribution in [-0.2, 0) is 0 Å². The van der Waals surface area contributed by atoms with E-state index in [0.717, 1.165) is 71.8 Å². The first-order valence-corrected chi connectivity index (χ1v) is 15.4. The third-order valence-corrected chi connectivity index (χ3v) is 9.81. The lowest BCUT2D eigenvalue weighted by Gasteiger charge is -2.25. The van der Waals surface area contributed by atoms with Crippen molar-refractivity contribution in [3.63, 3.8) is 0 Å². The molecule has 0 amide bonds. The van der Waals surface area contributed by atoms with Crippen LogP contribution in [0.1, 0.15) is 0 Å². The van der Waals surface area contributed by atoms with E-state index < -0.39 is 0 Å². The van der Waals surface area contributed by atoms with Crippen molar-refractivity contribution in [1.82, 2.24) is 4.98 Å². The molecule has 0 unspecified atom stereocenters. The van der Waals surface area contributed by atoms with Crippen molar-refractivity contribution in [2.24, 2.45) is 0 Å². The summed E-state index contributed by atoms with van der Waals surface area (Å²) in [5, 5.41) is 8.07. The van der Waals surface area contributed by atoms with Crippen LogP contribution >= 0.6 is 11.3 Å². The van der Waals surface area contributed by atoms with E-state index >= 15 is 0 Å². The predicted molar refractivity (Wildman–Crippen MR) is 184 cm³/mol. The molecule has 0 bridgehead atoms. The van der Waals surface area contributed by atoms with E-state index in [9.17, 15) is 0 Å². The molecule has 0 radical (unpaired) electrons. The Labute approximate surface area is 255 Å². The van der Waals surface area contributed by atoms with Gasteiger partial charge in [0.1, 0.15) is 22.3 Å².